The molecule has 2 aromatic rings. The molecule has 1 amide bonds. The van der Waals surface area contributed by atoms with Crippen LogP contribution in [0.3, 0.4) is 0 Å². The van der Waals surface area contributed by atoms with Gasteiger partial charge >= 0.3 is 5.69 Å². The van der Waals surface area contributed by atoms with E-state index in [1.807, 2.05) is 49.6 Å². The summed E-state index contributed by atoms with van der Waals surface area (Å²) in [6, 6.07) is 8.60. The van der Waals surface area contributed by atoms with E-state index < -0.39 is 0 Å². The van der Waals surface area contributed by atoms with Crippen molar-refractivity contribution < 1.29 is 4.79 Å². The Morgan fingerprint density at radius 3 is 1.97 bits per heavy atom. The second-order valence-electron chi connectivity index (χ2n) is 7.84. The monoisotopic (exact) mass is 462 g/mol. The Morgan fingerprint density at radius 2 is 1.45 bits per heavy atom. The number of anilines is 1. The number of hydrogen-bond donors (Lipinski definition) is 0. The van der Waals surface area contributed by atoms with Crippen LogP contribution < -0.4 is 16.1 Å². The topological polar surface area (TPSA) is 67.5 Å². The summed E-state index contributed by atoms with van der Waals surface area (Å²) in [6.45, 7) is 9.75. The second kappa shape index (κ2) is 8.57. The fourth-order valence-corrected chi connectivity index (χ4v) is 3.94. The molecule has 1 aliphatic heterocycles. The lowest BCUT2D eigenvalue weighted by Gasteiger charge is -2.37. The molecule has 0 saturated carbocycles. The average Bonchev–Trinajstić information content (AvgIpc) is 2.67. The van der Waals surface area contributed by atoms with Crippen molar-refractivity contribution in [2.75, 3.05) is 31.1 Å². The maximum absolute atomic E-state index is 13.0. The van der Waals surface area contributed by atoms with Gasteiger partial charge in [0.1, 0.15) is 5.82 Å². The molecule has 0 atom stereocenters. The number of hydrogen-bond acceptors (Lipinski definition) is 4. The molecule has 0 spiro atoms. The Morgan fingerprint density at radius 1 is 0.897 bits per heavy atom. The van der Waals surface area contributed by atoms with Crippen LogP contribution in [0, 0.1) is 0 Å². The lowest BCUT2D eigenvalue weighted by molar-refractivity contribution is 0.0746. The standard InChI is InChI=1S/C21H27BrN4O3/c1-14(2)25-18(13-19(27)26(15(3)4)21(25)29)23-9-11-24(12-10-23)20(28)16-5-7-17(22)8-6-16/h5-8,13-15H,9-12H2,1-4H3. The van der Waals surface area contributed by atoms with Gasteiger partial charge in [0.05, 0.1) is 0 Å². The van der Waals surface area contributed by atoms with Crippen molar-refractivity contribution in [1.82, 2.24) is 14.0 Å². The maximum Gasteiger partial charge on any atom is 0.333 e. The number of aromatic nitrogens is 2. The van der Waals surface area contributed by atoms with Crippen LogP contribution in [-0.2, 0) is 0 Å². The third-order valence-electron chi connectivity index (χ3n) is 5.16. The predicted molar refractivity (Wildman–Crippen MR) is 118 cm³/mol. The zero-order valence-electron chi connectivity index (χ0n) is 17.3. The van der Waals surface area contributed by atoms with E-state index in [-0.39, 0.29) is 29.2 Å². The molecule has 156 valence electrons. The number of nitrogens with zero attached hydrogens (tertiary/aromatic N) is 4. The summed E-state index contributed by atoms with van der Waals surface area (Å²) in [6.07, 6.45) is 0. The minimum atomic E-state index is -0.287. The van der Waals surface area contributed by atoms with Gasteiger partial charge in [-0.1, -0.05) is 15.9 Å². The van der Waals surface area contributed by atoms with Gasteiger partial charge in [0.2, 0.25) is 0 Å². The van der Waals surface area contributed by atoms with Crippen LogP contribution in [0.1, 0.15) is 50.1 Å². The van der Waals surface area contributed by atoms with Crippen LogP contribution in [0.2, 0.25) is 0 Å². The molecule has 1 fully saturated rings. The minimum absolute atomic E-state index is 0.00590. The Labute approximate surface area is 178 Å². The summed E-state index contributed by atoms with van der Waals surface area (Å²) in [4.78, 5) is 42.1. The lowest BCUT2D eigenvalue weighted by atomic mass is 10.2. The van der Waals surface area contributed by atoms with Crippen molar-refractivity contribution in [3.8, 4) is 0 Å². The van der Waals surface area contributed by atoms with Gasteiger partial charge in [0.15, 0.2) is 0 Å². The van der Waals surface area contributed by atoms with Gasteiger partial charge in [-0.05, 0) is 52.0 Å². The number of piperazine rings is 1. The van der Waals surface area contributed by atoms with Crippen LogP contribution >= 0.6 is 15.9 Å². The third-order valence-corrected chi connectivity index (χ3v) is 5.69. The summed E-state index contributed by atoms with van der Waals surface area (Å²) in [5, 5.41) is 0. The first-order valence-electron chi connectivity index (χ1n) is 9.88. The number of benzene rings is 1. The van der Waals surface area contributed by atoms with Gasteiger partial charge in [-0.25, -0.2) is 4.79 Å². The normalized spacial score (nSPS) is 14.7. The Balaban J connectivity index is 1.84. The number of halogens is 1. The van der Waals surface area contributed by atoms with Crippen LogP contribution in [0.5, 0.6) is 0 Å². The van der Waals surface area contributed by atoms with E-state index in [1.165, 1.54) is 4.57 Å². The van der Waals surface area contributed by atoms with E-state index in [0.29, 0.717) is 37.6 Å². The van der Waals surface area contributed by atoms with Gasteiger partial charge in [-0.15, -0.1) is 0 Å². The molecule has 7 nitrogen and oxygen atoms in total. The Kier molecular flexibility index (Phi) is 6.31. The largest absolute Gasteiger partial charge is 0.354 e. The Bertz CT molecular complexity index is 1000. The minimum Gasteiger partial charge on any atom is -0.354 e. The van der Waals surface area contributed by atoms with Gasteiger partial charge in [-0.3, -0.25) is 18.7 Å². The van der Waals surface area contributed by atoms with Gasteiger partial charge < -0.3 is 9.80 Å². The highest BCUT2D eigenvalue weighted by molar-refractivity contribution is 9.10. The predicted octanol–water partition coefficient (Wildman–Crippen LogP) is 2.90. The van der Waals surface area contributed by atoms with E-state index >= 15 is 0 Å². The molecule has 29 heavy (non-hydrogen) atoms. The molecule has 1 aliphatic rings. The molecule has 8 heteroatoms. The van der Waals surface area contributed by atoms with E-state index in [0.717, 1.165) is 4.47 Å². The van der Waals surface area contributed by atoms with E-state index in [9.17, 15) is 14.4 Å². The van der Waals surface area contributed by atoms with Crippen molar-refractivity contribution in [2.45, 2.75) is 39.8 Å². The summed E-state index contributed by atoms with van der Waals surface area (Å²) in [5.41, 5.74) is 0.0800. The van der Waals surface area contributed by atoms with E-state index in [4.69, 9.17) is 0 Å². The molecular weight excluding hydrogens is 436 g/mol. The molecule has 0 bridgehead atoms. The van der Waals surface area contributed by atoms with Gasteiger partial charge in [0, 0.05) is 54.4 Å². The highest BCUT2D eigenvalue weighted by Crippen LogP contribution is 2.19. The van der Waals surface area contributed by atoms with Crippen molar-refractivity contribution in [2.24, 2.45) is 0 Å². The average molecular weight is 463 g/mol. The lowest BCUT2D eigenvalue weighted by Crippen LogP contribution is -2.51. The Hall–Kier alpha value is -2.35. The molecule has 0 aliphatic carbocycles. The maximum atomic E-state index is 13.0. The zero-order chi connectivity index (χ0) is 21.3. The van der Waals surface area contributed by atoms with Crippen molar-refractivity contribution in [1.29, 1.82) is 0 Å². The fourth-order valence-electron chi connectivity index (χ4n) is 3.68. The van der Waals surface area contributed by atoms with Gasteiger partial charge in [0.25, 0.3) is 11.5 Å². The van der Waals surface area contributed by atoms with Crippen LogP contribution in [0.25, 0.3) is 0 Å². The van der Waals surface area contributed by atoms with Crippen LogP contribution in [0.4, 0.5) is 5.82 Å². The smallest absolute Gasteiger partial charge is 0.333 e. The van der Waals surface area contributed by atoms with Crippen molar-refractivity contribution in [3.63, 3.8) is 0 Å². The van der Waals surface area contributed by atoms with E-state index in [1.54, 1.807) is 22.8 Å². The quantitative estimate of drug-likeness (QED) is 0.700. The van der Waals surface area contributed by atoms with Crippen molar-refractivity contribution in [3.05, 3.63) is 61.2 Å². The number of amides is 1. The fraction of sp³-hybridized carbons (Fsp3) is 0.476. The zero-order valence-corrected chi connectivity index (χ0v) is 18.8. The molecule has 3 rings (SSSR count). The summed E-state index contributed by atoms with van der Waals surface area (Å²) in [7, 11) is 0. The molecule has 1 saturated heterocycles. The molecule has 0 radical (unpaired) electrons. The van der Waals surface area contributed by atoms with Crippen LogP contribution in [-0.4, -0.2) is 46.1 Å². The van der Waals surface area contributed by atoms with Gasteiger partial charge in [-0.2, -0.15) is 0 Å². The number of carbonyl (C=O) groups is 1. The molecular formula is C21H27BrN4O3. The summed E-state index contributed by atoms with van der Waals surface area (Å²) >= 11 is 3.38. The van der Waals surface area contributed by atoms with Crippen molar-refractivity contribution >= 4 is 27.7 Å². The molecule has 1 aromatic carbocycles. The second-order valence-corrected chi connectivity index (χ2v) is 8.75. The first-order valence-corrected chi connectivity index (χ1v) is 10.7. The van der Waals surface area contributed by atoms with Crippen LogP contribution in [0.15, 0.2) is 44.4 Å². The molecule has 0 unspecified atom stereocenters. The molecule has 0 N–H and O–H groups in total. The first kappa shape index (κ1) is 21.4. The molecule has 2 heterocycles. The summed E-state index contributed by atoms with van der Waals surface area (Å²) in [5.74, 6) is 0.622. The first-order chi connectivity index (χ1) is 13.7. The number of carbonyl (C=O) groups excluding carboxylic acids is 1. The highest BCUT2D eigenvalue weighted by atomic mass is 79.9. The number of rotatable bonds is 4. The highest BCUT2D eigenvalue weighted by Gasteiger charge is 2.26. The summed E-state index contributed by atoms with van der Waals surface area (Å²) < 4.78 is 3.89. The molecule has 1 aromatic heterocycles. The van der Waals surface area contributed by atoms with E-state index in [2.05, 4.69) is 15.9 Å². The third kappa shape index (κ3) is 4.32. The SMILES string of the molecule is CC(C)n1c(N2CCN(C(=O)c3ccc(Br)cc3)CC2)cc(=O)n(C(C)C)c1=O.